The Bertz CT molecular complexity index is 384. The average Bonchev–Trinajstić information content (AvgIpc) is 2.17. The first-order valence-electron chi connectivity index (χ1n) is 3.36. The van der Waals surface area contributed by atoms with E-state index in [0.717, 1.165) is 0 Å². The summed E-state index contributed by atoms with van der Waals surface area (Å²) in [6, 6.07) is 3.23. The number of hydrogen-bond donors (Lipinski definition) is 1. The van der Waals surface area contributed by atoms with Gasteiger partial charge in [-0.05, 0) is 6.07 Å². The summed E-state index contributed by atoms with van der Waals surface area (Å²) < 4.78 is 4.44. The van der Waals surface area contributed by atoms with Gasteiger partial charge in [0.1, 0.15) is 11.8 Å². The predicted octanol–water partition coefficient (Wildman–Crippen LogP) is 1.03. The molecule has 0 saturated heterocycles. The lowest BCUT2D eigenvalue weighted by atomic mass is 10.2. The van der Waals surface area contributed by atoms with Gasteiger partial charge in [-0.1, -0.05) is 0 Å². The van der Waals surface area contributed by atoms with E-state index in [1.807, 2.05) is 6.07 Å². The van der Waals surface area contributed by atoms with Crippen molar-refractivity contribution in [1.82, 2.24) is 4.98 Å². The molecule has 0 radical (unpaired) electrons. The van der Waals surface area contributed by atoms with Gasteiger partial charge in [0.2, 0.25) is 0 Å². The molecule has 1 heterocycles. The molecule has 0 unspecified atom stereocenters. The number of nitrogens with zero attached hydrogens (tertiary/aromatic N) is 2. The quantitative estimate of drug-likeness (QED) is 0.535. The van der Waals surface area contributed by atoms with E-state index in [9.17, 15) is 4.79 Å². The molecule has 0 aliphatic rings. The van der Waals surface area contributed by atoms with E-state index in [0.29, 0.717) is 10.5 Å². The SMILES string of the molecule is COC(=O)c1cc(C#N)c(S)cn1. The minimum Gasteiger partial charge on any atom is -0.464 e. The Kier molecular flexibility index (Phi) is 2.88. The standard InChI is InChI=1S/C8H6N2O2S/c1-12-8(11)6-2-5(3-9)7(13)4-10-6/h2,4,13H,1H3. The molecule has 5 heteroatoms. The molecule has 1 rings (SSSR count). The first-order chi connectivity index (χ1) is 6.19. The topological polar surface area (TPSA) is 63.0 Å². The number of methoxy groups -OCH3 is 1. The largest absolute Gasteiger partial charge is 0.464 e. The highest BCUT2D eigenvalue weighted by Crippen LogP contribution is 2.12. The molecule has 66 valence electrons. The second-order valence-electron chi connectivity index (χ2n) is 2.19. The molecule has 0 N–H and O–H groups in total. The lowest BCUT2D eigenvalue weighted by Crippen LogP contribution is -2.04. The lowest BCUT2D eigenvalue weighted by molar-refractivity contribution is 0.0594. The molecule has 0 aliphatic carbocycles. The van der Waals surface area contributed by atoms with Crippen LogP contribution in [0, 0.1) is 11.3 Å². The zero-order valence-corrected chi connectivity index (χ0v) is 7.71. The van der Waals surface area contributed by atoms with Gasteiger partial charge in [-0.15, -0.1) is 12.6 Å². The maximum absolute atomic E-state index is 11.0. The molecule has 0 amide bonds. The summed E-state index contributed by atoms with van der Waals surface area (Å²) in [4.78, 5) is 15.2. The summed E-state index contributed by atoms with van der Waals surface area (Å²) in [7, 11) is 1.25. The van der Waals surface area contributed by atoms with Crippen LogP contribution < -0.4 is 0 Å². The first-order valence-corrected chi connectivity index (χ1v) is 3.81. The van der Waals surface area contributed by atoms with Crippen molar-refractivity contribution in [1.29, 1.82) is 5.26 Å². The minimum absolute atomic E-state index is 0.108. The van der Waals surface area contributed by atoms with Crippen LogP contribution in [0.4, 0.5) is 0 Å². The van der Waals surface area contributed by atoms with Gasteiger partial charge >= 0.3 is 5.97 Å². The number of pyridine rings is 1. The molecule has 0 saturated carbocycles. The molecule has 0 aromatic carbocycles. The summed E-state index contributed by atoms with van der Waals surface area (Å²) in [5.41, 5.74) is 0.413. The zero-order chi connectivity index (χ0) is 9.84. The fourth-order valence-electron chi connectivity index (χ4n) is 0.754. The van der Waals surface area contributed by atoms with Crippen LogP contribution in [0.15, 0.2) is 17.2 Å². The molecule has 0 aliphatic heterocycles. The molecular formula is C8H6N2O2S. The fraction of sp³-hybridized carbons (Fsp3) is 0.125. The van der Waals surface area contributed by atoms with Crippen molar-refractivity contribution in [3.05, 3.63) is 23.5 Å². The Balaban J connectivity index is 3.15. The van der Waals surface area contributed by atoms with Crippen LogP contribution in [0.2, 0.25) is 0 Å². The highest BCUT2D eigenvalue weighted by Gasteiger charge is 2.09. The molecule has 13 heavy (non-hydrogen) atoms. The molecule has 1 aromatic heterocycles. The summed E-state index contributed by atoms with van der Waals surface area (Å²) in [6.45, 7) is 0. The molecule has 0 spiro atoms. The second-order valence-corrected chi connectivity index (χ2v) is 2.67. The molecule has 0 atom stereocenters. The highest BCUT2D eigenvalue weighted by molar-refractivity contribution is 7.80. The predicted molar refractivity (Wildman–Crippen MR) is 47.5 cm³/mol. The summed E-state index contributed by atoms with van der Waals surface area (Å²) in [6.07, 6.45) is 1.34. The van der Waals surface area contributed by atoms with Crippen LogP contribution in [-0.2, 0) is 4.74 Å². The van der Waals surface area contributed by atoms with E-state index in [1.54, 1.807) is 0 Å². The van der Waals surface area contributed by atoms with Gasteiger partial charge in [0.15, 0.2) is 0 Å². The van der Waals surface area contributed by atoms with Gasteiger partial charge in [-0.25, -0.2) is 9.78 Å². The number of hydrogen-bond acceptors (Lipinski definition) is 5. The number of rotatable bonds is 1. The van der Waals surface area contributed by atoms with Crippen molar-refractivity contribution in [2.24, 2.45) is 0 Å². The average molecular weight is 194 g/mol. The van der Waals surface area contributed by atoms with Gasteiger partial charge < -0.3 is 4.74 Å². The normalized spacial score (nSPS) is 9.00. The van der Waals surface area contributed by atoms with Crippen LogP contribution in [0.5, 0.6) is 0 Å². The summed E-state index contributed by atoms with van der Waals surface area (Å²) >= 11 is 3.99. The first kappa shape index (κ1) is 9.55. The maximum Gasteiger partial charge on any atom is 0.356 e. The van der Waals surface area contributed by atoms with E-state index >= 15 is 0 Å². The number of carbonyl (C=O) groups excluding carboxylic acids is 1. The minimum atomic E-state index is -0.565. The number of esters is 1. The monoisotopic (exact) mass is 194 g/mol. The fourth-order valence-corrected chi connectivity index (χ4v) is 0.926. The molecule has 0 fully saturated rings. The van der Waals surface area contributed by atoms with Gasteiger partial charge in [-0.3, -0.25) is 0 Å². The number of carbonyl (C=O) groups is 1. The maximum atomic E-state index is 11.0. The van der Waals surface area contributed by atoms with Crippen molar-refractivity contribution >= 4 is 18.6 Å². The molecular weight excluding hydrogens is 188 g/mol. The Morgan fingerprint density at radius 2 is 2.46 bits per heavy atom. The number of nitriles is 1. The zero-order valence-electron chi connectivity index (χ0n) is 6.81. The van der Waals surface area contributed by atoms with Crippen molar-refractivity contribution in [3.8, 4) is 6.07 Å². The third kappa shape index (κ3) is 1.98. The Labute approximate surface area is 80.6 Å². The Hall–Kier alpha value is -1.54. The molecule has 1 aromatic rings. The van der Waals surface area contributed by atoms with E-state index in [-0.39, 0.29) is 5.69 Å². The Morgan fingerprint density at radius 3 is 3.00 bits per heavy atom. The Morgan fingerprint density at radius 1 is 1.77 bits per heavy atom. The number of ether oxygens (including phenoxy) is 1. The number of aromatic nitrogens is 1. The van der Waals surface area contributed by atoms with Gasteiger partial charge in [0.05, 0.1) is 12.7 Å². The molecule has 0 bridgehead atoms. The third-order valence-electron chi connectivity index (χ3n) is 1.40. The van der Waals surface area contributed by atoms with E-state index in [4.69, 9.17) is 5.26 Å². The third-order valence-corrected chi connectivity index (χ3v) is 1.75. The summed E-state index contributed by atoms with van der Waals surface area (Å²) in [5.74, 6) is -0.565. The van der Waals surface area contributed by atoms with Crippen LogP contribution in [0.3, 0.4) is 0 Å². The summed E-state index contributed by atoms with van der Waals surface area (Å²) in [5, 5.41) is 8.62. The van der Waals surface area contributed by atoms with Crippen molar-refractivity contribution < 1.29 is 9.53 Å². The van der Waals surface area contributed by atoms with Crippen molar-refractivity contribution in [3.63, 3.8) is 0 Å². The smallest absolute Gasteiger partial charge is 0.356 e. The molecule has 4 nitrogen and oxygen atoms in total. The van der Waals surface area contributed by atoms with Crippen LogP contribution in [0.1, 0.15) is 16.1 Å². The van der Waals surface area contributed by atoms with E-state index < -0.39 is 5.97 Å². The van der Waals surface area contributed by atoms with Crippen LogP contribution in [-0.4, -0.2) is 18.1 Å². The number of thiol groups is 1. The van der Waals surface area contributed by atoms with Gasteiger partial charge in [0, 0.05) is 11.1 Å². The second kappa shape index (κ2) is 3.92. The van der Waals surface area contributed by atoms with Crippen LogP contribution >= 0.6 is 12.6 Å². The van der Waals surface area contributed by atoms with Gasteiger partial charge in [-0.2, -0.15) is 5.26 Å². The lowest BCUT2D eigenvalue weighted by Gasteiger charge is -1.99. The van der Waals surface area contributed by atoms with E-state index in [1.165, 1.54) is 19.4 Å². The van der Waals surface area contributed by atoms with Crippen molar-refractivity contribution in [2.75, 3.05) is 7.11 Å². The highest BCUT2D eigenvalue weighted by atomic mass is 32.1. The van der Waals surface area contributed by atoms with Gasteiger partial charge in [0.25, 0.3) is 0 Å². The van der Waals surface area contributed by atoms with Crippen LogP contribution in [0.25, 0.3) is 0 Å². The van der Waals surface area contributed by atoms with E-state index in [2.05, 4.69) is 22.3 Å². The van der Waals surface area contributed by atoms with Crippen molar-refractivity contribution in [2.45, 2.75) is 4.90 Å².